The second-order valence-corrected chi connectivity index (χ2v) is 10.0. The van der Waals surface area contributed by atoms with Gasteiger partial charge in [0.15, 0.2) is 11.5 Å². The molecule has 0 saturated carbocycles. The zero-order valence-electron chi connectivity index (χ0n) is 18.8. The van der Waals surface area contributed by atoms with Crippen molar-refractivity contribution < 1.29 is 28.6 Å². The van der Waals surface area contributed by atoms with Gasteiger partial charge < -0.3 is 14.2 Å². The molecule has 34 heavy (non-hydrogen) atoms. The first-order chi connectivity index (χ1) is 16.2. The van der Waals surface area contributed by atoms with Crippen LogP contribution in [0.25, 0.3) is 6.08 Å². The molecular formula is C24H23ClINO6S. The van der Waals surface area contributed by atoms with Crippen LogP contribution >= 0.6 is 46.0 Å². The van der Waals surface area contributed by atoms with Crippen molar-refractivity contribution in [3.63, 3.8) is 0 Å². The Hall–Kier alpha value is -2.24. The standard InChI is InChI=1S/C24H23ClINO6S/c1-4-31-19-10-15(9-18(26)22(19)32-13-16-7-5-6-8-17(16)25)11-20-23(29)27(24(30)34-20)12-21(28)33-14(2)3/h5-11,14H,4,12-13H2,1-3H3/b20-11-. The highest BCUT2D eigenvalue weighted by Crippen LogP contribution is 2.38. The van der Waals surface area contributed by atoms with Gasteiger partial charge in [-0.1, -0.05) is 29.8 Å². The summed E-state index contributed by atoms with van der Waals surface area (Å²) in [6, 6.07) is 11.0. The molecule has 0 aromatic heterocycles. The van der Waals surface area contributed by atoms with Crippen molar-refractivity contribution in [2.45, 2.75) is 33.5 Å². The van der Waals surface area contributed by atoms with E-state index in [0.29, 0.717) is 28.7 Å². The van der Waals surface area contributed by atoms with Crippen LogP contribution in [0.2, 0.25) is 5.02 Å². The van der Waals surface area contributed by atoms with Gasteiger partial charge in [-0.15, -0.1) is 0 Å². The number of imide groups is 1. The molecule has 2 amide bonds. The Labute approximate surface area is 220 Å². The lowest BCUT2D eigenvalue weighted by Crippen LogP contribution is -2.35. The van der Waals surface area contributed by atoms with Gasteiger partial charge in [0.2, 0.25) is 0 Å². The number of esters is 1. The Morgan fingerprint density at radius 3 is 2.62 bits per heavy atom. The van der Waals surface area contributed by atoms with Crippen molar-refractivity contribution in [3.05, 3.63) is 61.0 Å². The van der Waals surface area contributed by atoms with Gasteiger partial charge in [0.1, 0.15) is 13.2 Å². The Morgan fingerprint density at radius 1 is 1.21 bits per heavy atom. The van der Waals surface area contributed by atoms with Gasteiger partial charge in [-0.2, -0.15) is 0 Å². The Bertz CT molecular complexity index is 1140. The van der Waals surface area contributed by atoms with E-state index >= 15 is 0 Å². The first-order valence-corrected chi connectivity index (χ1v) is 12.7. The molecule has 2 aromatic rings. The van der Waals surface area contributed by atoms with Crippen LogP contribution in [-0.4, -0.2) is 41.3 Å². The molecule has 1 heterocycles. The summed E-state index contributed by atoms with van der Waals surface area (Å²) in [6.07, 6.45) is 1.27. The molecule has 180 valence electrons. The number of hydrogen-bond donors (Lipinski definition) is 0. The maximum atomic E-state index is 12.7. The number of carbonyl (C=O) groups is 3. The zero-order valence-corrected chi connectivity index (χ0v) is 22.5. The van der Waals surface area contributed by atoms with E-state index in [9.17, 15) is 14.4 Å². The lowest BCUT2D eigenvalue weighted by Gasteiger charge is -2.15. The van der Waals surface area contributed by atoms with Crippen LogP contribution in [0.1, 0.15) is 31.9 Å². The topological polar surface area (TPSA) is 82.1 Å². The molecule has 0 aliphatic carbocycles. The number of amides is 2. The van der Waals surface area contributed by atoms with Gasteiger partial charge in [0.25, 0.3) is 11.1 Å². The van der Waals surface area contributed by atoms with E-state index in [1.54, 1.807) is 32.1 Å². The molecule has 1 fully saturated rings. The molecule has 0 spiro atoms. The van der Waals surface area contributed by atoms with Gasteiger partial charge in [-0.3, -0.25) is 19.3 Å². The molecule has 3 rings (SSSR count). The van der Waals surface area contributed by atoms with Crippen LogP contribution in [0.4, 0.5) is 4.79 Å². The van der Waals surface area contributed by atoms with Gasteiger partial charge in [-0.05, 0) is 85.0 Å². The third-order valence-corrected chi connectivity index (χ3v) is 6.56. The average Bonchev–Trinajstić information content (AvgIpc) is 3.01. The maximum absolute atomic E-state index is 12.7. The zero-order chi connectivity index (χ0) is 24.8. The Kier molecular flexibility index (Phi) is 9.26. The van der Waals surface area contributed by atoms with Crippen LogP contribution in [-0.2, 0) is 20.9 Å². The molecule has 0 radical (unpaired) electrons. The molecule has 2 aromatic carbocycles. The fraction of sp³-hybridized carbons (Fsp3) is 0.292. The summed E-state index contributed by atoms with van der Waals surface area (Å²) in [6.45, 7) is 5.52. The van der Waals surface area contributed by atoms with Gasteiger partial charge >= 0.3 is 5.97 Å². The number of ether oxygens (including phenoxy) is 3. The average molecular weight is 616 g/mol. The predicted molar refractivity (Wildman–Crippen MR) is 140 cm³/mol. The summed E-state index contributed by atoms with van der Waals surface area (Å²) in [5, 5.41) is 0.0940. The van der Waals surface area contributed by atoms with Crippen LogP contribution in [0.5, 0.6) is 11.5 Å². The molecule has 1 aliphatic rings. The first kappa shape index (κ1) is 26.4. The Balaban J connectivity index is 1.82. The Morgan fingerprint density at radius 2 is 1.94 bits per heavy atom. The summed E-state index contributed by atoms with van der Waals surface area (Å²) >= 11 is 9.14. The molecular weight excluding hydrogens is 593 g/mol. The molecule has 1 saturated heterocycles. The molecule has 10 heteroatoms. The highest BCUT2D eigenvalue weighted by molar-refractivity contribution is 14.1. The molecule has 0 unspecified atom stereocenters. The number of hydrogen-bond acceptors (Lipinski definition) is 7. The molecule has 1 aliphatic heterocycles. The second-order valence-electron chi connectivity index (χ2n) is 7.45. The smallest absolute Gasteiger partial charge is 0.326 e. The number of nitrogens with zero attached hydrogens (tertiary/aromatic N) is 1. The van der Waals surface area contributed by atoms with E-state index in [2.05, 4.69) is 22.6 Å². The lowest BCUT2D eigenvalue weighted by atomic mass is 10.1. The lowest BCUT2D eigenvalue weighted by molar-refractivity contribution is -0.149. The van der Waals surface area contributed by atoms with Crippen LogP contribution in [0.3, 0.4) is 0 Å². The minimum Gasteiger partial charge on any atom is -0.490 e. The van der Waals surface area contributed by atoms with Gasteiger partial charge in [-0.25, -0.2) is 0 Å². The van der Waals surface area contributed by atoms with E-state index in [0.717, 1.165) is 25.8 Å². The largest absolute Gasteiger partial charge is 0.490 e. The highest BCUT2D eigenvalue weighted by atomic mass is 127. The van der Waals surface area contributed by atoms with Gasteiger partial charge in [0, 0.05) is 10.6 Å². The van der Waals surface area contributed by atoms with Crippen molar-refractivity contribution >= 4 is 69.1 Å². The van der Waals surface area contributed by atoms with E-state index in [4.69, 9.17) is 25.8 Å². The highest BCUT2D eigenvalue weighted by Gasteiger charge is 2.36. The predicted octanol–water partition coefficient (Wildman–Crippen LogP) is 5.91. The SMILES string of the molecule is CCOc1cc(/C=C2\SC(=O)N(CC(=O)OC(C)C)C2=O)cc(I)c1OCc1ccccc1Cl. The number of halogens is 2. The number of carbonyl (C=O) groups excluding carboxylic acids is 3. The third-order valence-electron chi connectivity index (χ3n) is 4.49. The van der Waals surface area contributed by atoms with Crippen molar-refractivity contribution in [1.29, 1.82) is 0 Å². The van der Waals surface area contributed by atoms with Gasteiger partial charge in [0.05, 0.1) is 21.2 Å². The van der Waals surface area contributed by atoms with Crippen LogP contribution in [0.15, 0.2) is 41.3 Å². The first-order valence-electron chi connectivity index (χ1n) is 10.5. The van der Waals surface area contributed by atoms with Crippen molar-refractivity contribution in [3.8, 4) is 11.5 Å². The van der Waals surface area contributed by atoms with E-state index in [1.165, 1.54) is 0 Å². The second kappa shape index (κ2) is 11.9. The summed E-state index contributed by atoms with van der Waals surface area (Å²) in [7, 11) is 0. The van der Waals surface area contributed by atoms with Crippen LogP contribution in [0, 0.1) is 3.57 Å². The van der Waals surface area contributed by atoms with E-state index in [1.807, 2.05) is 31.2 Å². The van der Waals surface area contributed by atoms with Crippen LogP contribution < -0.4 is 9.47 Å². The minimum absolute atomic E-state index is 0.213. The molecule has 0 N–H and O–H groups in total. The maximum Gasteiger partial charge on any atom is 0.326 e. The molecule has 0 atom stereocenters. The van der Waals surface area contributed by atoms with Crippen molar-refractivity contribution in [2.75, 3.05) is 13.2 Å². The van der Waals surface area contributed by atoms with Crippen molar-refractivity contribution in [2.24, 2.45) is 0 Å². The van der Waals surface area contributed by atoms with E-state index in [-0.39, 0.29) is 17.6 Å². The summed E-state index contributed by atoms with van der Waals surface area (Å²) in [4.78, 5) is 38.1. The summed E-state index contributed by atoms with van der Waals surface area (Å²) in [5.41, 5.74) is 1.50. The minimum atomic E-state index is -0.633. The van der Waals surface area contributed by atoms with Crippen molar-refractivity contribution in [1.82, 2.24) is 4.90 Å². The normalized spacial score (nSPS) is 14.8. The number of thioether (sulfide) groups is 1. The quantitative estimate of drug-likeness (QED) is 0.197. The molecule has 0 bridgehead atoms. The van der Waals surface area contributed by atoms with E-state index < -0.39 is 23.7 Å². The number of rotatable bonds is 9. The third kappa shape index (κ3) is 6.67. The summed E-state index contributed by atoms with van der Waals surface area (Å²) in [5.74, 6) is -0.106. The fourth-order valence-corrected chi connectivity index (χ4v) is 4.87. The summed E-state index contributed by atoms with van der Waals surface area (Å²) < 4.78 is 17.6. The monoisotopic (exact) mass is 615 g/mol. The molecule has 7 nitrogen and oxygen atoms in total. The number of benzene rings is 2. The fourth-order valence-electron chi connectivity index (χ4n) is 3.06.